The van der Waals surface area contributed by atoms with E-state index in [1.807, 2.05) is 23.5 Å². The average Bonchev–Trinajstić information content (AvgIpc) is 2.53. The molecule has 1 aliphatic heterocycles. The third-order valence-corrected chi connectivity index (χ3v) is 5.10. The SMILES string of the molecule is CC1SCCSC1c1noc(Cl)n1. The normalized spacial score (nSPS) is 29.1. The molecule has 0 N–H and O–H groups in total. The first-order valence-corrected chi connectivity index (χ1v) is 6.47. The van der Waals surface area contributed by atoms with Crippen LogP contribution >= 0.6 is 35.1 Å². The molecule has 0 bridgehead atoms. The molecule has 1 fully saturated rings. The van der Waals surface area contributed by atoms with Gasteiger partial charge in [0.1, 0.15) is 0 Å². The van der Waals surface area contributed by atoms with Crippen LogP contribution in [-0.4, -0.2) is 26.9 Å². The van der Waals surface area contributed by atoms with E-state index < -0.39 is 0 Å². The van der Waals surface area contributed by atoms with Crippen molar-refractivity contribution in [3.8, 4) is 0 Å². The molecule has 2 atom stereocenters. The summed E-state index contributed by atoms with van der Waals surface area (Å²) in [6.07, 6.45) is 0. The zero-order valence-electron chi connectivity index (χ0n) is 7.07. The van der Waals surface area contributed by atoms with Gasteiger partial charge >= 0.3 is 5.35 Å². The van der Waals surface area contributed by atoms with Gasteiger partial charge < -0.3 is 4.52 Å². The number of nitrogens with zero attached hydrogens (tertiary/aromatic N) is 2. The van der Waals surface area contributed by atoms with Crippen LogP contribution in [0.25, 0.3) is 0 Å². The minimum absolute atomic E-state index is 0.137. The van der Waals surface area contributed by atoms with E-state index in [4.69, 9.17) is 16.1 Å². The number of hydrogen-bond donors (Lipinski definition) is 0. The smallest absolute Gasteiger partial charge is 0.320 e. The van der Waals surface area contributed by atoms with Crippen molar-refractivity contribution in [1.29, 1.82) is 0 Å². The molecule has 0 aromatic carbocycles. The first kappa shape index (κ1) is 9.68. The second kappa shape index (κ2) is 4.11. The quantitative estimate of drug-likeness (QED) is 0.750. The molecule has 1 saturated heterocycles. The Balaban J connectivity index is 2.14. The lowest BCUT2D eigenvalue weighted by molar-refractivity contribution is 0.411. The molecule has 2 heterocycles. The molecule has 6 heteroatoms. The number of rotatable bonds is 1. The van der Waals surface area contributed by atoms with Crippen LogP contribution in [0.5, 0.6) is 0 Å². The van der Waals surface area contributed by atoms with Gasteiger partial charge in [-0.1, -0.05) is 12.1 Å². The van der Waals surface area contributed by atoms with Crippen molar-refractivity contribution in [3.63, 3.8) is 0 Å². The molecule has 1 aromatic heterocycles. The minimum atomic E-state index is 0.137. The van der Waals surface area contributed by atoms with Gasteiger partial charge in [-0.2, -0.15) is 16.7 Å². The largest absolute Gasteiger partial charge is 0.321 e. The van der Waals surface area contributed by atoms with Gasteiger partial charge in [0.05, 0.1) is 5.25 Å². The zero-order valence-corrected chi connectivity index (χ0v) is 9.45. The van der Waals surface area contributed by atoms with Crippen LogP contribution < -0.4 is 0 Å². The molecule has 0 amide bonds. The summed E-state index contributed by atoms with van der Waals surface area (Å²) in [4.78, 5) is 4.04. The fraction of sp³-hybridized carbons (Fsp3) is 0.714. The highest BCUT2D eigenvalue weighted by atomic mass is 35.5. The van der Waals surface area contributed by atoms with Gasteiger partial charge in [-0.25, -0.2) is 0 Å². The first-order chi connectivity index (χ1) is 6.27. The van der Waals surface area contributed by atoms with E-state index in [2.05, 4.69) is 17.1 Å². The summed E-state index contributed by atoms with van der Waals surface area (Å²) in [7, 11) is 0. The maximum Gasteiger partial charge on any atom is 0.320 e. The van der Waals surface area contributed by atoms with Gasteiger partial charge in [0, 0.05) is 16.8 Å². The highest BCUT2D eigenvalue weighted by molar-refractivity contribution is 8.06. The van der Waals surface area contributed by atoms with E-state index in [0.717, 1.165) is 11.6 Å². The Kier molecular flexibility index (Phi) is 3.06. The second-order valence-corrected chi connectivity index (χ2v) is 5.83. The lowest BCUT2D eigenvalue weighted by Crippen LogP contribution is -2.16. The molecule has 72 valence electrons. The summed E-state index contributed by atoms with van der Waals surface area (Å²) in [6, 6.07) is 0. The van der Waals surface area contributed by atoms with E-state index in [9.17, 15) is 0 Å². The Morgan fingerprint density at radius 1 is 1.46 bits per heavy atom. The third kappa shape index (κ3) is 2.14. The molecule has 13 heavy (non-hydrogen) atoms. The predicted octanol–water partition coefficient (Wildman–Crippen LogP) is 2.63. The van der Waals surface area contributed by atoms with Crippen molar-refractivity contribution in [2.24, 2.45) is 0 Å². The van der Waals surface area contributed by atoms with E-state index in [1.54, 1.807) is 0 Å². The Morgan fingerprint density at radius 2 is 2.23 bits per heavy atom. The molecular formula is C7H9ClN2OS2. The van der Waals surface area contributed by atoms with Crippen molar-refractivity contribution in [1.82, 2.24) is 10.1 Å². The van der Waals surface area contributed by atoms with Gasteiger partial charge in [-0.3, -0.25) is 0 Å². The third-order valence-electron chi connectivity index (χ3n) is 1.86. The standard InChI is InChI=1S/C7H9ClN2OS2/c1-4-5(13-3-2-12-4)6-9-7(8)11-10-6/h4-5H,2-3H2,1H3. The molecule has 0 radical (unpaired) electrons. The van der Waals surface area contributed by atoms with E-state index in [1.165, 1.54) is 5.75 Å². The van der Waals surface area contributed by atoms with Crippen LogP contribution in [0, 0.1) is 0 Å². The predicted molar refractivity (Wildman–Crippen MR) is 56.4 cm³/mol. The molecule has 0 spiro atoms. The van der Waals surface area contributed by atoms with E-state index in [0.29, 0.717) is 10.5 Å². The van der Waals surface area contributed by atoms with Gasteiger partial charge in [0.2, 0.25) is 0 Å². The molecule has 1 aromatic rings. The van der Waals surface area contributed by atoms with E-state index >= 15 is 0 Å². The first-order valence-electron chi connectivity index (χ1n) is 3.99. The van der Waals surface area contributed by atoms with Gasteiger partial charge in [-0.15, -0.1) is 11.8 Å². The summed E-state index contributed by atoms with van der Waals surface area (Å²) < 4.78 is 4.75. The molecule has 0 saturated carbocycles. The summed E-state index contributed by atoms with van der Waals surface area (Å²) in [5, 5.41) is 4.84. The van der Waals surface area contributed by atoms with Crippen molar-refractivity contribution < 1.29 is 4.52 Å². The highest BCUT2D eigenvalue weighted by Crippen LogP contribution is 2.41. The van der Waals surface area contributed by atoms with E-state index in [-0.39, 0.29) is 5.35 Å². The van der Waals surface area contributed by atoms with Crippen LogP contribution in [-0.2, 0) is 0 Å². The van der Waals surface area contributed by atoms with Crippen molar-refractivity contribution >= 4 is 35.1 Å². The Bertz CT molecular complexity index is 294. The lowest BCUT2D eigenvalue weighted by atomic mass is 10.3. The highest BCUT2D eigenvalue weighted by Gasteiger charge is 2.28. The van der Waals surface area contributed by atoms with Crippen molar-refractivity contribution in [3.05, 3.63) is 11.2 Å². The maximum absolute atomic E-state index is 5.57. The van der Waals surface area contributed by atoms with Crippen LogP contribution in [0.1, 0.15) is 18.0 Å². The molecule has 0 aliphatic carbocycles. The average molecular weight is 237 g/mol. The maximum atomic E-state index is 5.57. The fourth-order valence-corrected chi connectivity index (χ4v) is 4.05. The van der Waals surface area contributed by atoms with Gasteiger partial charge in [0.15, 0.2) is 5.82 Å². The Labute approximate surface area is 90.0 Å². The fourth-order valence-electron chi connectivity index (χ4n) is 1.25. The molecule has 2 unspecified atom stereocenters. The van der Waals surface area contributed by atoms with Crippen molar-refractivity contribution in [2.75, 3.05) is 11.5 Å². The van der Waals surface area contributed by atoms with Crippen LogP contribution in [0.3, 0.4) is 0 Å². The topological polar surface area (TPSA) is 38.9 Å². The second-order valence-electron chi connectivity index (χ2n) is 2.77. The molecular weight excluding hydrogens is 228 g/mol. The van der Waals surface area contributed by atoms with Crippen LogP contribution in [0.4, 0.5) is 0 Å². The molecule has 3 nitrogen and oxygen atoms in total. The summed E-state index contributed by atoms with van der Waals surface area (Å²) in [5.41, 5.74) is 0. The number of halogens is 1. The van der Waals surface area contributed by atoms with Crippen LogP contribution in [0.15, 0.2) is 4.52 Å². The van der Waals surface area contributed by atoms with Crippen LogP contribution in [0.2, 0.25) is 5.35 Å². The Hall–Kier alpha value is 0.130. The summed E-state index contributed by atoms with van der Waals surface area (Å²) in [5.74, 6) is 3.08. The lowest BCUT2D eigenvalue weighted by Gasteiger charge is -2.24. The monoisotopic (exact) mass is 236 g/mol. The Morgan fingerprint density at radius 3 is 2.85 bits per heavy atom. The molecule has 1 aliphatic rings. The van der Waals surface area contributed by atoms with Gasteiger partial charge in [-0.05, 0) is 11.6 Å². The van der Waals surface area contributed by atoms with Crippen molar-refractivity contribution in [2.45, 2.75) is 17.4 Å². The summed E-state index contributed by atoms with van der Waals surface area (Å²) in [6.45, 7) is 2.19. The van der Waals surface area contributed by atoms with Gasteiger partial charge in [0.25, 0.3) is 0 Å². The number of hydrogen-bond acceptors (Lipinski definition) is 5. The molecule has 2 rings (SSSR count). The number of thioether (sulfide) groups is 2. The summed E-state index contributed by atoms with van der Waals surface area (Å²) >= 11 is 9.39. The minimum Gasteiger partial charge on any atom is -0.321 e. The zero-order chi connectivity index (χ0) is 9.26. The number of aromatic nitrogens is 2.